The van der Waals surface area contributed by atoms with Gasteiger partial charge in [-0.15, -0.1) is 0 Å². The molecule has 0 atom stereocenters. The SMILES string of the molecule is S=C1CC=Nc2ccccc2N1c1ccc(Oc2ccccc2)cc1. The van der Waals surface area contributed by atoms with Crippen molar-refractivity contribution in [2.75, 3.05) is 4.90 Å². The first-order valence-corrected chi connectivity index (χ1v) is 8.49. The normalized spacial score (nSPS) is 13.3. The zero-order valence-electron chi connectivity index (χ0n) is 13.5. The molecule has 122 valence electrons. The number of nitrogens with zero attached hydrogens (tertiary/aromatic N) is 2. The highest BCUT2D eigenvalue weighted by Crippen LogP contribution is 2.37. The zero-order valence-corrected chi connectivity index (χ0v) is 14.3. The van der Waals surface area contributed by atoms with E-state index in [9.17, 15) is 0 Å². The van der Waals surface area contributed by atoms with Crippen molar-refractivity contribution in [3.8, 4) is 11.5 Å². The molecule has 0 unspecified atom stereocenters. The van der Waals surface area contributed by atoms with Crippen molar-refractivity contribution in [1.82, 2.24) is 0 Å². The molecule has 0 fully saturated rings. The number of fused-ring (bicyclic) bond motifs is 1. The highest BCUT2D eigenvalue weighted by molar-refractivity contribution is 7.80. The third kappa shape index (κ3) is 3.30. The summed E-state index contributed by atoms with van der Waals surface area (Å²) in [5.41, 5.74) is 2.92. The Morgan fingerprint density at radius 3 is 2.28 bits per heavy atom. The van der Waals surface area contributed by atoms with Crippen LogP contribution in [-0.2, 0) is 0 Å². The maximum absolute atomic E-state index is 5.87. The van der Waals surface area contributed by atoms with E-state index in [0.29, 0.717) is 6.42 Å². The molecule has 0 saturated carbocycles. The number of para-hydroxylation sites is 3. The van der Waals surface area contributed by atoms with Crippen LogP contribution < -0.4 is 9.64 Å². The van der Waals surface area contributed by atoms with E-state index in [2.05, 4.69) is 9.89 Å². The number of hydrogen-bond acceptors (Lipinski definition) is 3. The highest BCUT2D eigenvalue weighted by atomic mass is 32.1. The second kappa shape index (κ2) is 6.87. The predicted octanol–water partition coefficient (Wildman–Crippen LogP) is 6.05. The lowest BCUT2D eigenvalue weighted by atomic mass is 10.2. The van der Waals surface area contributed by atoms with Crippen LogP contribution in [0.1, 0.15) is 6.42 Å². The Labute approximate surface area is 152 Å². The first-order valence-electron chi connectivity index (χ1n) is 8.09. The van der Waals surface area contributed by atoms with Crippen LogP contribution in [0.25, 0.3) is 0 Å². The average Bonchev–Trinajstić information content (AvgIpc) is 2.82. The first-order chi connectivity index (χ1) is 12.3. The molecule has 0 aliphatic carbocycles. The second-order valence-electron chi connectivity index (χ2n) is 5.64. The molecule has 4 heteroatoms. The number of hydrogen-bond donors (Lipinski definition) is 0. The number of benzene rings is 3. The minimum atomic E-state index is 0.645. The van der Waals surface area contributed by atoms with Gasteiger partial charge in [-0.1, -0.05) is 42.5 Å². The molecule has 0 N–H and O–H groups in total. The van der Waals surface area contributed by atoms with Gasteiger partial charge in [0.05, 0.1) is 16.4 Å². The van der Waals surface area contributed by atoms with Gasteiger partial charge in [0.2, 0.25) is 0 Å². The van der Waals surface area contributed by atoms with Crippen molar-refractivity contribution >= 4 is 40.5 Å². The maximum atomic E-state index is 5.87. The fraction of sp³-hybridized carbons (Fsp3) is 0.0476. The molecule has 0 bridgehead atoms. The molecule has 0 aromatic heterocycles. The Balaban J connectivity index is 1.64. The van der Waals surface area contributed by atoms with Gasteiger partial charge in [0.25, 0.3) is 0 Å². The zero-order chi connectivity index (χ0) is 17.1. The molecule has 1 heterocycles. The number of aliphatic imine (C=N–C) groups is 1. The number of ether oxygens (including phenoxy) is 1. The molecule has 1 aliphatic rings. The molecular weight excluding hydrogens is 328 g/mol. The topological polar surface area (TPSA) is 24.8 Å². The summed E-state index contributed by atoms with van der Waals surface area (Å²) in [5, 5.41) is 0. The van der Waals surface area contributed by atoms with Gasteiger partial charge in [0.1, 0.15) is 11.5 Å². The van der Waals surface area contributed by atoms with E-state index >= 15 is 0 Å². The molecule has 0 saturated heterocycles. The van der Waals surface area contributed by atoms with Gasteiger partial charge in [-0.25, -0.2) is 0 Å². The van der Waals surface area contributed by atoms with E-state index in [1.54, 1.807) is 0 Å². The van der Waals surface area contributed by atoms with Crippen LogP contribution in [0.15, 0.2) is 83.9 Å². The van der Waals surface area contributed by atoms with Crippen LogP contribution in [-0.4, -0.2) is 11.2 Å². The lowest BCUT2D eigenvalue weighted by Crippen LogP contribution is -2.23. The molecular formula is C21H16N2OS. The quantitative estimate of drug-likeness (QED) is 0.541. The van der Waals surface area contributed by atoms with E-state index in [1.165, 1.54) is 0 Å². The Morgan fingerprint density at radius 1 is 0.800 bits per heavy atom. The first kappa shape index (κ1) is 15.5. The summed E-state index contributed by atoms with van der Waals surface area (Å²) < 4.78 is 5.87. The fourth-order valence-corrected chi connectivity index (χ4v) is 3.06. The predicted molar refractivity (Wildman–Crippen MR) is 107 cm³/mol. The molecule has 3 aromatic carbocycles. The van der Waals surface area contributed by atoms with Gasteiger partial charge in [-0.05, 0) is 48.5 Å². The van der Waals surface area contributed by atoms with Crippen molar-refractivity contribution in [2.45, 2.75) is 6.42 Å². The lowest BCUT2D eigenvalue weighted by molar-refractivity contribution is 0.483. The Kier molecular flexibility index (Phi) is 4.27. The summed E-state index contributed by atoms with van der Waals surface area (Å²) >= 11 is 5.61. The molecule has 0 spiro atoms. The van der Waals surface area contributed by atoms with Crippen LogP contribution in [0.4, 0.5) is 17.1 Å². The Bertz CT molecular complexity index is 920. The van der Waals surface area contributed by atoms with E-state index in [1.807, 2.05) is 85.1 Å². The van der Waals surface area contributed by atoms with Crippen molar-refractivity contribution in [3.63, 3.8) is 0 Å². The average molecular weight is 344 g/mol. The van der Waals surface area contributed by atoms with Crippen LogP contribution in [0.5, 0.6) is 11.5 Å². The minimum Gasteiger partial charge on any atom is -0.457 e. The van der Waals surface area contributed by atoms with Gasteiger partial charge in [0, 0.05) is 18.3 Å². The van der Waals surface area contributed by atoms with Gasteiger partial charge >= 0.3 is 0 Å². The van der Waals surface area contributed by atoms with Crippen LogP contribution in [0, 0.1) is 0 Å². The standard InChI is InChI=1S/C21H16N2OS/c25-21-14-15-22-19-8-4-5-9-20(19)23(21)16-10-12-18(13-11-16)24-17-6-2-1-3-7-17/h1-13,15H,14H2. The van der Waals surface area contributed by atoms with Crippen molar-refractivity contribution in [1.29, 1.82) is 0 Å². The van der Waals surface area contributed by atoms with Gasteiger partial charge in [-0.3, -0.25) is 4.99 Å². The molecule has 4 rings (SSSR count). The molecule has 1 aliphatic heterocycles. The smallest absolute Gasteiger partial charge is 0.127 e. The van der Waals surface area contributed by atoms with Crippen LogP contribution in [0.2, 0.25) is 0 Å². The van der Waals surface area contributed by atoms with Crippen molar-refractivity contribution < 1.29 is 4.74 Å². The monoisotopic (exact) mass is 344 g/mol. The maximum Gasteiger partial charge on any atom is 0.127 e. The van der Waals surface area contributed by atoms with Crippen LogP contribution in [0.3, 0.4) is 0 Å². The fourth-order valence-electron chi connectivity index (χ4n) is 2.78. The van der Waals surface area contributed by atoms with Gasteiger partial charge in [-0.2, -0.15) is 0 Å². The summed E-state index contributed by atoms with van der Waals surface area (Å²) in [5.74, 6) is 1.61. The third-order valence-corrected chi connectivity index (χ3v) is 4.29. The summed E-state index contributed by atoms with van der Waals surface area (Å²) in [7, 11) is 0. The Morgan fingerprint density at radius 2 is 1.48 bits per heavy atom. The highest BCUT2D eigenvalue weighted by Gasteiger charge is 2.19. The third-order valence-electron chi connectivity index (χ3n) is 3.94. The largest absolute Gasteiger partial charge is 0.457 e. The summed E-state index contributed by atoms with van der Waals surface area (Å²) in [4.78, 5) is 7.41. The minimum absolute atomic E-state index is 0.645. The van der Waals surface area contributed by atoms with E-state index in [4.69, 9.17) is 17.0 Å². The van der Waals surface area contributed by atoms with Crippen LogP contribution >= 0.6 is 12.2 Å². The molecule has 0 amide bonds. The number of thiocarbonyl (C=S) groups is 1. The molecule has 3 nitrogen and oxygen atoms in total. The summed E-state index contributed by atoms with van der Waals surface area (Å²) in [6.07, 6.45) is 2.51. The summed E-state index contributed by atoms with van der Waals surface area (Å²) in [6.45, 7) is 0. The lowest BCUT2D eigenvalue weighted by Gasteiger charge is -2.25. The Hall–Kier alpha value is -2.98. The molecule has 3 aromatic rings. The van der Waals surface area contributed by atoms with E-state index in [-0.39, 0.29) is 0 Å². The van der Waals surface area contributed by atoms with E-state index in [0.717, 1.165) is 33.5 Å². The molecule has 25 heavy (non-hydrogen) atoms. The van der Waals surface area contributed by atoms with Crippen molar-refractivity contribution in [3.05, 3.63) is 78.9 Å². The van der Waals surface area contributed by atoms with Gasteiger partial charge in [0.15, 0.2) is 0 Å². The van der Waals surface area contributed by atoms with Crippen molar-refractivity contribution in [2.24, 2.45) is 4.99 Å². The summed E-state index contributed by atoms with van der Waals surface area (Å²) in [6, 6.07) is 25.7. The van der Waals surface area contributed by atoms with Gasteiger partial charge < -0.3 is 9.64 Å². The number of rotatable bonds is 3. The number of anilines is 2. The second-order valence-corrected chi connectivity index (χ2v) is 6.11. The van der Waals surface area contributed by atoms with E-state index < -0.39 is 0 Å². The molecule has 0 radical (unpaired) electrons.